The van der Waals surface area contributed by atoms with Crippen molar-refractivity contribution < 1.29 is 14.7 Å². The van der Waals surface area contributed by atoms with E-state index in [0.717, 1.165) is 30.5 Å². The van der Waals surface area contributed by atoms with Crippen molar-refractivity contribution in [3.8, 4) is 0 Å². The summed E-state index contributed by atoms with van der Waals surface area (Å²) in [4.78, 5) is 31.5. The number of anilines is 1. The largest absolute Gasteiger partial charge is 0.478 e. The number of pyridine rings is 1. The third-order valence-corrected chi connectivity index (χ3v) is 5.12. The summed E-state index contributed by atoms with van der Waals surface area (Å²) >= 11 is 0. The summed E-state index contributed by atoms with van der Waals surface area (Å²) in [5, 5.41) is 12.3. The zero-order valence-electron chi connectivity index (χ0n) is 12.4. The predicted molar refractivity (Wildman–Crippen MR) is 79.3 cm³/mol. The molecule has 1 aromatic rings. The fourth-order valence-corrected chi connectivity index (χ4v) is 3.69. The third kappa shape index (κ3) is 1.71. The van der Waals surface area contributed by atoms with Crippen LogP contribution in [0, 0.1) is 0 Å². The summed E-state index contributed by atoms with van der Waals surface area (Å²) in [6, 6.07) is 1.71. The van der Waals surface area contributed by atoms with E-state index in [1.807, 2.05) is 4.90 Å². The normalized spacial score (nSPS) is 21.8. The number of rotatable bonds is 2. The molecule has 0 radical (unpaired) electrons. The number of carbonyl (C=O) groups excluding carboxylic acids is 1. The lowest BCUT2D eigenvalue weighted by molar-refractivity contribution is 0.0695. The molecule has 0 atom stereocenters. The summed E-state index contributed by atoms with van der Waals surface area (Å²) in [5.41, 5.74) is 2.13. The zero-order chi connectivity index (χ0) is 15.5. The zero-order valence-corrected chi connectivity index (χ0v) is 12.4. The molecule has 2 fully saturated rings. The summed E-state index contributed by atoms with van der Waals surface area (Å²) in [6.45, 7) is 1.84. The Balaban J connectivity index is 1.64. The van der Waals surface area contributed by atoms with Gasteiger partial charge in [-0.05, 0) is 30.9 Å². The highest BCUT2D eigenvalue weighted by atomic mass is 16.4. The fourth-order valence-electron chi connectivity index (χ4n) is 3.69. The van der Waals surface area contributed by atoms with E-state index < -0.39 is 5.97 Å². The van der Waals surface area contributed by atoms with Gasteiger partial charge in [-0.1, -0.05) is 0 Å². The Morgan fingerprint density at radius 1 is 1.41 bits per heavy atom. The molecular formula is C15H18N4O3. The van der Waals surface area contributed by atoms with E-state index in [2.05, 4.69) is 10.3 Å². The van der Waals surface area contributed by atoms with E-state index in [4.69, 9.17) is 0 Å². The minimum Gasteiger partial charge on any atom is -0.478 e. The van der Waals surface area contributed by atoms with E-state index in [-0.39, 0.29) is 17.1 Å². The average molecular weight is 302 g/mol. The van der Waals surface area contributed by atoms with Gasteiger partial charge in [-0.3, -0.25) is 0 Å². The third-order valence-electron chi connectivity index (χ3n) is 5.12. The number of nitrogens with zero attached hydrogens (tertiary/aromatic N) is 3. The van der Waals surface area contributed by atoms with E-state index in [1.54, 1.807) is 18.0 Å². The summed E-state index contributed by atoms with van der Waals surface area (Å²) in [5.74, 6) is -0.390. The van der Waals surface area contributed by atoms with Crippen LogP contribution in [0.15, 0.2) is 6.07 Å². The number of hydrogen-bond acceptors (Lipinski definition) is 4. The second-order valence-electron chi connectivity index (χ2n) is 6.42. The molecule has 4 rings (SSSR count). The first-order valence-corrected chi connectivity index (χ1v) is 7.53. The molecular weight excluding hydrogens is 284 g/mol. The number of nitrogens with one attached hydrogen (secondary N) is 1. The highest BCUT2D eigenvalue weighted by Gasteiger charge is 2.53. The Labute approximate surface area is 127 Å². The van der Waals surface area contributed by atoms with Crippen molar-refractivity contribution in [2.24, 2.45) is 0 Å². The molecule has 0 saturated carbocycles. The molecule has 22 heavy (non-hydrogen) atoms. The molecule has 0 unspecified atom stereocenters. The molecule has 1 aliphatic carbocycles. The number of aromatic carboxylic acids is 1. The van der Waals surface area contributed by atoms with E-state index >= 15 is 0 Å². The van der Waals surface area contributed by atoms with Crippen LogP contribution in [-0.4, -0.2) is 59.2 Å². The summed E-state index contributed by atoms with van der Waals surface area (Å²) in [7, 11) is 1.79. The standard InChI is InChI=1S/C15H18N4O3/c1-18-14(22)16-6-15(18)7-19(8-15)12-10(13(20)21)5-9-3-2-4-11(9)17-12/h5H,2-4,6-8H2,1H3,(H,16,22)(H,20,21). The molecule has 7 heteroatoms. The van der Waals surface area contributed by atoms with Crippen LogP contribution in [0.25, 0.3) is 0 Å². The van der Waals surface area contributed by atoms with Crippen LogP contribution in [0.2, 0.25) is 0 Å². The van der Waals surface area contributed by atoms with Gasteiger partial charge in [-0.25, -0.2) is 14.6 Å². The number of aromatic nitrogens is 1. The van der Waals surface area contributed by atoms with Gasteiger partial charge in [-0.15, -0.1) is 0 Å². The van der Waals surface area contributed by atoms with Gasteiger partial charge in [0.1, 0.15) is 11.4 Å². The van der Waals surface area contributed by atoms with Crippen molar-refractivity contribution in [3.63, 3.8) is 0 Å². The minimum atomic E-state index is -0.938. The lowest BCUT2D eigenvalue weighted by Crippen LogP contribution is -2.69. The van der Waals surface area contributed by atoms with Gasteiger partial charge >= 0.3 is 12.0 Å². The number of hydrogen-bond donors (Lipinski definition) is 2. The number of urea groups is 1. The molecule has 1 aromatic heterocycles. The van der Waals surface area contributed by atoms with Crippen LogP contribution < -0.4 is 10.2 Å². The maximum absolute atomic E-state index is 11.6. The average Bonchev–Trinajstić information content (AvgIpc) is 3.01. The monoisotopic (exact) mass is 302 g/mol. The van der Waals surface area contributed by atoms with E-state index in [9.17, 15) is 14.7 Å². The molecule has 2 aliphatic heterocycles. The van der Waals surface area contributed by atoms with Crippen LogP contribution in [0.1, 0.15) is 28.0 Å². The van der Waals surface area contributed by atoms with Crippen molar-refractivity contribution in [2.75, 3.05) is 31.6 Å². The van der Waals surface area contributed by atoms with Gasteiger partial charge in [0.25, 0.3) is 0 Å². The molecule has 3 aliphatic rings. The number of amides is 2. The first kappa shape index (κ1) is 13.4. The summed E-state index contributed by atoms with van der Waals surface area (Å²) in [6.07, 6.45) is 2.87. The molecule has 1 spiro atoms. The van der Waals surface area contributed by atoms with Gasteiger partial charge < -0.3 is 20.2 Å². The molecule has 3 heterocycles. The number of likely N-dealkylation sites (N-methyl/N-ethyl adjacent to an activating group) is 1. The Kier molecular flexibility index (Phi) is 2.64. The topological polar surface area (TPSA) is 85.8 Å². The maximum atomic E-state index is 11.6. The summed E-state index contributed by atoms with van der Waals surface area (Å²) < 4.78 is 0. The molecule has 2 saturated heterocycles. The van der Waals surface area contributed by atoms with Crippen molar-refractivity contribution in [1.29, 1.82) is 0 Å². The van der Waals surface area contributed by atoms with Crippen molar-refractivity contribution in [2.45, 2.75) is 24.8 Å². The van der Waals surface area contributed by atoms with Gasteiger partial charge in [0, 0.05) is 32.4 Å². The van der Waals surface area contributed by atoms with Gasteiger partial charge in [0.15, 0.2) is 0 Å². The second-order valence-corrected chi connectivity index (χ2v) is 6.42. The lowest BCUT2D eigenvalue weighted by Gasteiger charge is -2.51. The smallest absolute Gasteiger partial charge is 0.339 e. The van der Waals surface area contributed by atoms with Crippen molar-refractivity contribution >= 4 is 17.8 Å². The molecule has 2 amide bonds. The number of carbonyl (C=O) groups is 2. The Morgan fingerprint density at radius 3 is 2.82 bits per heavy atom. The van der Waals surface area contributed by atoms with Crippen LogP contribution >= 0.6 is 0 Å². The molecule has 7 nitrogen and oxygen atoms in total. The van der Waals surface area contributed by atoms with E-state index in [0.29, 0.717) is 25.5 Å². The number of carboxylic acids is 1. The van der Waals surface area contributed by atoms with Gasteiger partial charge in [0.05, 0.1) is 5.54 Å². The van der Waals surface area contributed by atoms with Gasteiger partial charge in [0.2, 0.25) is 0 Å². The molecule has 0 aromatic carbocycles. The number of carboxylic acid groups (broad SMARTS) is 1. The molecule has 0 bridgehead atoms. The Morgan fingerprint density at radius 2 is 2.18 bits per heavy atom. The van der Waals surface area contributed by atoms with Crippen LogP contribution in [-0.2, 0) is 12.8 Å². The first-order valence-electron chi connectivity index (χ1n) is 7.53. The first-order chi connectivity index (χ1) is 10.5. The maximum Gasteiger partial charge on any atom is 0.339 e. The molecule has 116 valence electrons. The quantitative estimate of drug-likeness (QED) is 0.830. The fraction of sp³-hybridized carbons (Fsp3) is 0.533. The second kappa shape index (κ2) is 4.34. The van der Waals surface area contributed by atoms with Gasteiger partial charge in [-0.2, -0.15) is 0 Å². The van der Waals surface area contributed by atoms with Crippen molar-refractivity contribution in [1.82, 2.24) is 15.2 Å². The SMILES string of the molecule is CN1C(=O)NCC12CN(c1nc3c(cc1C(=O)O)CCC3)C2. The molecule has 2 N–H and O–H groups in total. The predicted octanol–water partition coefficient (Wildman–Crippen LogP) is 0.482. The van der Waals surface area contributed by atoms with Crippen molar-refractivity contribution in [3.05, 3.63) is 22.9 Å². The Hall–Kier alpha value is -2.31. The highest BCUT2D eigenvalue weighted by Crippen LogP contribution is 2.36. The lowest BCUT2D eigenvalue weighted by atomic mass is 9.89. The van der Waals surface area contributed by atoms with Crippen LogP contribution in [0.4, 0.5) is 10.6 Å². The van der Waals surface area contributed by atoms with Crippen LogP contribution in [0.3, 0.4) is 0 Å². The highest BCUT2D eigenvalue weighted by molar-refractivity contribution is 5.94. The number of fused-ring (bicyclic) bond motifs is 1. The Bertz CT molecular complexity index is 682. The van der Waals surface area contributed by atoms with Crippen LogP contribution in [0.5, 0.6) is 0 Å². The minimum absolute atomic E-state index is 0.0694. The number of aryl methyl sites for hydroxylation is 2. The van der Waals surface area contributed by atoms with E-state index in [1.165, 1.54) is 0 Å².